The number of amides is 1. The van der Waals surface area contributed by atoms with Crippen LogP contribution in [-0.4, -0.2) is 11.7 Å². The minimum absolute atomic E-state index is 0.0908. The molecule has 0 saturated heterocycles. The van der Waals surface area contributed by atoms with Gasteiger partial charge in [0.05, 0.1) is 11.3 Å². The number of carbonyl (C=O) groups excluding carboxylic acids is 1. The Kier molecular flexibility index (Phi) is 5.43. The monoisotopic (exact) mass is 316 g/mol. The molecule has 0 bridgehead atoms. The van der Waals surface area contributed by atoms with E-state index >= 15 is 0 Å². The summed E-state index contributed by atoms with van der Waals surface area (Å²) in [4.78, 5) is 13.0. The predicted octanol–water partition coefficient (Wildman–Crippen LogP) is 4.47. The molecule has 0 unspecified atom stereocenters. The van der Waals surface area contributed by atoms with E-state index in [1.165, 1.54) is 28.7 Å². The molecule has 1 aromatic heterocycles. The first kappa shape index (κ1) is 15.6. The van der Waals surface area contributed by atoms with Crippen LogP contribution in [0.25, 0.3) is 0 Å². The molecule has 0 spiro atoms. The lowest BCUT2D eigenvalue weighted by atomic mass is 10.0. The zero-order chi connectivity index (χ0) is 15.2. The topological polar surface area (TPSA) is 52.9 Å². The van der Waals surface area contributed by atoms with Gasteiger partial charge in [-0.05, 0) is 35.1 Å². The Bertz CT molecular complexity index is 654. The van der Waals surface area contributed by atoms with Crippen molar-refractivity contribution in [1.29, 1.82) is 5.26 Å². The van der Waals surface area contributed by atoms with Crippen LogP contribution in [0.3, 0.4) is 0 Å². The summed E-state index contributed by atoms with van der Waals surface area (Å²) in [6, 6.07) is 12.0. The van der Waals surface area contributed by atoms with Crippen molar-refractivity contribution in [3.63, 3.8) is 0 Å². The number of thiophene rings is 1. The van der Waals surface area contributed by atoms with E-state index in [2.05, 4.69) is 37.4 Å². The van der Waals surface area contributed by atoms with E-state index in [4.69, 9.17) is 5.26 Å². The molecule has 0 aliphatic carbocycles. The zero-order valence-corrected chi connectivity index (χ0v) is 13.6. The van der Waals surface area contributed by atoms with Crippen molar-refractivity contribution >= 4 is 34.0 Å². The molecule has 5 heteroatoms. The molecule has 0 fully saturated rings. The van der Waals surface area contributed by atoms with Crippen molar-refractivity contribution in [2.75, 3.05) is 11.1 Å². The summed E-state index contributed by atoms with van der Waals surface area (Å²) in [5.41, 5.74) is 1.81. The van der Waals surface area contributed by atoms with Crippen molar-refractivity contribution in [3.05, 3.63) is 46.8 Å². The second-order valence-electron chi connectivity index (χ2n) is 4.84. The third-order valence-corrected chi connectivity index (χ3v) is 4.80. The summed E-state index contributed by atoms with van der Waals surface area (Å²) in [6.07, 6.45) is 0. The lowest BCUT2D eigenvalue weighted by molar-refractivity contribution is -0.113. The standard InChI is InChI=1S/C16H16N2OS2/c1-11(2)12-3-5-14(6-4-12)21-10-15(19)18-16-13(9-17)7-8-20-16/h3-8,11H,10H2,1-2H3,(H,18,19). The van der Waals surface area contributed by atoms with Crippen LogP contribution in [0.4, 0.5) is 5.00 Å². The molecular formula is C16H16N2OS2. The molecule has 2 aromatic rings. The predicted molar refractivity (Wildman–Crippen MR) is 88.9 cm³/mol. The lowest BCUT2D eigenvalue weighted by Gasteiger charge is -2.07. The number of nitrogens with one attached hydrogen (secondary N) is 1. The molecule has 108 valence electrons. The summed E-state index contributed by atoms with van der Waals surface area (Å²) in [5, 5.41) is 14.1. The van der Waals surface area contributed by atoms with E-state index in [9.17, 15) is 4.79 Å². The van der Waals surface area contributed by atoms with Gasteiger partial charge in [0.2, 0.25) is 5.91 Å². The van der Waals surface area contributed by atoms with E-state index in [0.29, 0.717) is 22.2 Å². The van der Waals surface area contributed by atoms with Gasteiger partial charge in [0.15, 0.2) is 0 Å². The van der Waals surface area contributed by atoms with Gasteiger partial charge < -0.3 is 5.32 Å². The van der Waals surface area contributed by atoms with Crippen molar-refractivity contribution in [2.24, 2.45) is 0 Å². The molecule has 1 amide bonds. The first-order valence-corrected chi connectivity index (χ1v) is 8.47. The molecule has 21 heavy (non-hydrogen) atoms. The number of anilines is 1. The number of carbonyl (C=O) groups is 1. The molecule has 0 aliphatic rings. The van der Waals surface area contributed by atoms with E-state index in [1.54, 1.807) is 11.4 Å². The fraction of sp³-hybridized carbons (Fsp3) is 0.250. The Labute approximate surface area is 133 Å². The summed E-state index contributed by atoms with van der Waals surface area (Å²) >= 11 is 2.86. The second kappa shape index (κ2) is 7.30. The Morgan fingerprint density at radius 1 is 1.33 bits per heavy atom. The van der Waals surface area contributed by atoms with Crippen LogP contribution in [0, 0.1) is 11.3 Å². The number of hydrogen-bond donors (Lipinski definition) is 1. The van der Waals surface area contributed by atoms with Crippen LogP contribution in [0.15, 0.2) is 40.6 Å². The molecule has 0 atom stereocenters. The fourth-order valence-electron chi connectivity index (χ4n) is 1.75. The van der Waals surface area contributed by atoms with Gasteiger partial charge in [-0.3, -0.25) is 4.79 Å². The smallest absolute Gasteiger partial charge is 0.235 e. The van der Waals surface area contributed by atoms with Crippen LogP contribution in [0.1, 0.15) is 30.9 Å². The highest BCUT2D eigenvalue weighted by molar-refractivity contribution is 8.00. The molecule has 3 nitrogen and oxygen atoms in total. The molecule has 1 N–H and O–H groups in total. The van der Waals surface area contributed by atoms with E-state index in [0.717, 1.165) is 4.90 Å². The minimum Gasteiger partial charge on any atom is -0.316 e. The summed E-state index contributed by atoms with van der Waals surface area (Å²) in [7, 11) is 0. The molecule has 0 radical (unpaired) electrons. The number of nitrogens with zero attached hydrogens (tertiary/aromatic N) is 1. The number of benzene rings is 1. The van der Waals surface area contributed by atoms with Crippen molar-refractivity contribution in [1.82, 2.24) is 0 Å². The summed E-state index contributed by atoms with van der Waals surface area (Å²) < 4.78 is 0. The van der Waals surface area contributed by atoms with Gasteiger partial charge in [0, 0.05) is 4.90 Å². The molecule has 0 saturated carbocycles. The highest BCUT2D eigenvalue weighted by atomic mass is 32.2. The van der Waals surface area contributed by atoms with E-state index in [1.807, 2.05) is 12.1 Å². The van der Waals surface area contributed by atoms with Crippen molar-refractivity contribution in [2.45, 2.75) is 24.7 Å². The maximum Gasteiger partial charge on any atom is 0.235 e. The van der Waals surface area contributed by atoms with Gasteiger partial charge in [-0.1, -0.05) is 26.0 Å². The quantitative estimate of drug-likeness (QED) is 0.828. The summed E-state index contributed by atoms with van der Waals surface area (Å²) in [5.74, 6) is 0.756. The molecular weight excluding hydrogens is 300 g/mol. The average Bonchev–Trinajstić information content (AvgIpc) is 2.92. The van der Waals surface area contributed by atoms with E-state index < -0.39 is 0 Å². The Morgan fingerprint density at radius 3 is 2.67 bits per heavy atom. The third-order valence-electron chi connectivity index (χ3n) is 2.96. The average molecular weight is 316 g/mol. The first-order chi connectivity index (χ1) is 10.1. The van der Waals surface area contributed by atoms with Gasteiger partial charge in [0.1, 0.15) is 11.1 Å². The SMILES string of the molecule is CC(C)c1ccc(SCC(=O)Nc2sccc2C#N)cc1. The molecule has 1 heterocycles. The molecule has 2 rings (SSSR count). The van der Waals surface area contributed by atoms with Crippen LogP contribution in [-0.2, 0) is 4.79 Å². The van der Waals surface area contributed by atoms with E-state index in [-0.39, 0.29) is 5.91 Å². The van der Waals surface area contributed by atoms with Gasteiger partial charge in [-0.25, -0.2) is 0 Å². The Balaban J connectivity index is 1.88. The van der Waals surface area contributed by atoms with Gasteiger partial charge >= 0.3 is 0 Å². The maximum atomic E-state index is 11.9. The van der Waals surface area contributed by atoms with Gasteiger partial charge in [-0.15, -0.1) is 23.1 Å². The Hall–Kier alpha value is -1.77. The van der Waals surface area contributed by atoms with Crippen LogP contribution in [0.5, 0.6) is 0 Å². The van der Waals surface area contributed by atoms with Crippen LogP contribution in [0.2, 0.25) is 0 Å². The minimum atomic E-state index is -0.0908. The second-order valence-corrected chi connectivity index (χ2v) is 6.80. The highest BCUT2D eigenvalue weighted by Crippen LogP contribution is 2.24. The van der Waals surface area contributed by atoms with Crippen molar-refractivity contribution < 1.29 is 4.79 Å². The highest BCUT2D eigenvalue weighted by Gasteiger charge is 2.08. The number of hydrogen-bond acceptors (Lipinski definition) is 4. The summed E-state index contributed by atoms with van der Waals surface area (Å²) in [6.45, 7) is 4.31. The van der Waals surface area contributed by atoms with Gasteiger partial charge in [-0.2, -0.15) is 5.26 Å². The number of rotatable bonds is 5. The third kappa shape index (κ3) is 4.35. The number of thioether (sulfide) groups is 1. The number of nitriles is 1. The molecule has 0 aliphatic heterocycles. The fourth-order valence-corrected chi connectivity index (χ4v) is 3.21. The lowest BCUT2D eigenvalue weighted by Crippen LogP contribution is -2.13. The first-order valence-electron chi connectivity index (χ1n) is 6.60. The zero-order valence-electron chi connectivity index (χ0n) is 11.9. The largest absolute Gasteiger partial charge is 0.316 e. The van der Waals surface area contributed by atoms with Crippen LogP contribution >= 0.6 is 23.1 Å². The molecule has 1 aromatic carbocycles. The maximum absolute atomic E-state index is 11.9. The Morgan fingerprint density at radius 2 is 2.05 bits per heavy atom. The van der Waals surface area contributed by atoms with Crippen LogP contribution < -0.4 is 5.32 Å². The van der Waals surface area contributed by atoms with Crippen molar-refractivity contribution in [3.8, 4) is 6.07 Å². The normalized spacial score (nSPS) is 10.4. The van der Waals surface area contributed by atoms with Gasteiger partial charge in [0.25, 0.3) is 0 Å².